The Kier molecular flexibility index (Phi) is 5.31. The maximum absolute atomic E-state index is 12.4. The Labute approximate surface area is 153 Å². The summed E-state index contributed by atoms with van der Waals surface area (Å²) >= 11 is 1.39. The summed E-state index contributed by atoms with van der Waals surface area (Å²) in [5, 5.41) is 17.7. The van der Waals surface area contributed by atoms with Crippen molar-refractivity contribution in [1.82, 2.24) is 9.78 Å². The number of aryl methyl sites for hydroxylation is 1. The van der Waals surface area contributed by atoms with Crippen LogP contribution < -0.4 is 5.32 Å². The van der Waals surface area contributed by atoms with Crippen molar-refractivity contribution in [3.8, 4) is 0 Å². The minimum atomic E-state index is -0.576. The number of nitrogens with one attached hydrogen (secondary N) is 1. The van der Waals surface area contributed by atoms with Crippen molar-refractivity contribution in [2.45, 2.75) is 39.2 Å². The first-order chi connectivity index (χ1) is 12.5. The summed E-state index contributed by atoms with van der Waals surface area (Å²) in [5.74, 6) is -0.843. The molecule has 1 aliphatic rings. The topological polar surface area (TPSA) is 116 Å². The van der Waals surface area contributed by atoms with Gasteiger partial charge in [-0.3, -0.25) is 19.6 Å². The zero-order valence-corrected chi connectivity index (χ0v) is 15.0. The van der Waals surface area contributed by atoms with Crippen LogP contribution in [0.3, 0.4) is 0 Å². The number of esters is 1. The molecule has 1 amide bonds. The van der Waals surface area contributed by atoms with E-state index in [2.05, 4.69) is 10.4 Å². The number of rotatable bonds is 6. The number of fused-ring (bicyclic) bond motifs is 1. The van der Waals surface area contributed by atoms with Crippen molar-refractivity contribution in [3.05, 3.63) is 38.5 Å². The van der Waals surface area contributed by atoms with Gasteiger partial charge in [0.1, 0.15) is 23.9 Å². The summed E-state index contributed by atoms with van der Waals surface area (Å²) in [4.78, 5) is 35.9. The number of anilines is 1. The second kappa shape index (κ2) is 7.65. The van der Waals surface area contributed by atoms with Gasteiger partial charge in [-0.1, -0.05) is 0 Å². The quantitative estimate of drug-likeness (QED) is 0.469. The van der Waals surface area contributed by atoms with Gasteiger partial charge in [0.25, 0.3) is 0 Å². The Bertz CT molecular complexity index is 857. The number of carbonyl (C=O) groups is 2. The second-order valence-electron chi connectivity index (χ2n) is 5.84. The molecule has 2 heterocycles. The molecule has 0 bridgehead atoms. The number of nitrogens with zero attached hydrogens (tertiary/aromatic N) is 3. The van der Waals surface area contributed by atoms with E-state index >= 15 is 0 Å². The summed E-state index contributed by atoms with van der Waals surface area (Å²) in [7, 11) is 0. The Hall–Kier alpha value is -2.75. The maximum atomic E-state index is 12.4. The highest BCUT2D eigenvalue weighted by Crippen LogP contribution is 2.38. The minimum absolute atomic E-state index is 0.182. The lowest BCUT2D eigenvalue weighted by molar-refractivity contribution is -0.385. The highest BCUT2D eigenvalue weighted by atomic mass is 32.1. The van der Waals surface area contributed by atoms with Gasteiger partial charge in [-0.15, -0.1) is 11.3 Å². The van der Waals surface area contributed by atoms with E-state index in [1.807, 2.05) is 0 Å². The normalized spacial score (nSPS) is 13.1. The molecule has 3 rings (SSSR count). The molecular weight excluding hydrogens is 360 g/mol. The van der Waals surface area contributed by atoms with Gasteiger partial charge in [0.15, 0.2) is 0 Å². The van der Waals surface area contributed by atoms with Gasteiger partial charge in [-0.25, -0.2) is 4.79 Å². The molecule has 1 aliphatic carbocycles. The largest absolute Gasteiger partial charge is 0.462 e. The van der Waals surface area contributed by atoms with Crippen LogP contribution in [-0.2, 0) is 28.9 Å². The van der Waals surface area contributed by atoms with Gasteiger partial charge in [0, 0.05) is 4.88 Å². The molecule has 0 atom stereocenters. The molecule has 0 saturated carbocycles. The van der Waals surface area contributed by atoms with E-state index in [0.717, 1.165) is 42.3 Å². The zero-order chi connectivity index (χ0) is 18.7. The molecule has 2 aromatic rings. The molecular formula is C16H18N4O5S. The molecule has 0 saturated heterocycles. The zero-order valence-electron chi connectivity index (χ0n) is 14.2. The molecule has 0 unspecified atom stereocenters. The maximum Gasteiger partial charge on any atom is 0.341 e. The van der Waals surface area contributed by atoms with Crippen molar-refractivity contribution in [3.63, 3.8) is 0 Å². The first-order valence-electron chi connectivity index (χ1n) is 8.28. The van der Waals surface area contributed by atoms with Gasteiger partial charge in [0.2, 0.25) is 5.91 Å². The second-order valence-corrected chi connectivity index (χ2v) is 6.94. The lowest BCUT2D eigenvalue weighted by Crippen LogP contribution is -2.20. The van der Waals surface area contributed by atoms with Crippen LogP contribution in [-0.4, -0.2) is 33.2 Å². The van der Waals surface area contributed by atoms with Gasteiger partial charge in [-0.2, -0.15) is 5.10 Å². The fourth-order valence-electron chi connectivity index (χ4n) is 2.92. The predicted molar refractivity (Wildman–Crippen MR) is 94.4 cm³/mol. The fraction of sp³-hybridized carbons (Fsp3) is 0.438. The molecule has 26 heavy (non-hydrogen) atoms. The van der Waals surface area contributed by atoms with Crippen molar-refractivity contribution in [1.29, 1.82) is 0 Å². The first-order valence-corrected chi connectivity index (χ1v) is 9.09. The number of thiophene rings is 1. The molecule has 10 heteroatoms. The van der Waals surface area contributed by atoms with Crippen LogP contribution in [0.4, 0.5) is 10.7 Å². The molecule has 9 nitrogen and oxygen atoms in total. The van der Waals surface area contributed by atoms with Crippen LogP contribution in [0.25, 0.3) is 0 Å². The Morgan fingerprint density at radius 3 is 2.88 bits per heavy atom. The molecule has 0 fully saturated rings. The van der Waals surface area contributed by atoms with E-state index in [-0.39, 0.29) is 18.8 Å². The number of amides is 1. The molecule has 0 spiro atoms. The lowest BCUT2D eigenvalue weighted by Gasteiger charge is -2.12. The van der Waals surface area contributed by atoms with Gasteiger partial charge in [-0.05, 0) is 38.2 Å². The molecule has 1 N–H and O–H groups in total. The van der Waals surface area contributed by atoms with Crippen molar-refractivity contribution >= 4 is 33.9 Å². The van der Waals surface area contributed by atoms with Crippen LogP contribution in [0.2, 0.25) is 0 Å². The Balaban J connectivity index is 1.79. The number of hydrogen-bond donors (Lipinski definition) is 1. The number of aromatic nitrogens is 2. The standard InChI is InChI=1S/C16H18N4O5S/c1-2-25-16(22)14-11-5-3-4-6-12(11)26-15(14)18-13(21)9-19-8-10(7-17-19)20(23)24/h7-8H,2-6,9H2,1H3,(H,18,21). The molecule has 138 valence electrons. The van der Waals surface area contributed by atoms with Crippen molar-refractivity contribution < 1.29 is 19.2 Å². The Morgan fingerprint density at radius 2 is 2.19 bits per heavy atom. The van der Waals surface area contributed by atoms with E-state index in [1.54, 1.807) is 6.92 Å². The average molecular weight is 378 g/mol. The van der Waals surface area contributed by atoms with Gasteiger partial charge >= 0.3 is 11.7 Å². The van der Waals surface area contributed by atoms with E-state index in [0.29, 0.717) is 10.6 Å². The fourth-order valence-corrected chi connectivity index (χ4v) is 4.21. The molecule has 2 aromatic heterocycles. The van der Waals surface area contributed by atoms with Crippen LogP contribution in [0.5, 0.6) is 0 Å². The van der Waals surface area contributed by atoms with Crippen LogP contribution in [0, 0.1) is 10.1 Å². The predicted octanol–water partition coefficient (Wildman–Crippen LogP) is 2.55. The third kappa shape index (κ3) is 3.74. The third-order valence-electron chi connectivity index (χ3n) is 4.04. The monoisotopic (exact) mass is 378 g/mol. The van der Waals surface area contributed by atoms with E-state index in [4.69, 9.17) is 4.74 Å². The molecule has 0 radical (unpaired) electrons. The van der Waals surface area contributed by atoms with Crippen molar-refractivity contribution in [2.24, 2.45) is 0 Å². The van der Waals surface area contributed by atoms with Gasteiger partial charge in [0.05, 0.1) is 17.1 Å². The summed E-state index contributed by atoms with van der Waals surface area (Å²) in [6, 6.07) is 0. The van der Waals surface area contributed by atoms with E-state index in [9.17, 15) is 19.7 Å². The summed E-state index contributed by atoms with van der Waals surface area (Å²) < 4.78 is 6.33. The number of hydrogen-bond acceptors (Lipinski definition) is 7. The SMILES string of the molecule is CCOC(=O)c1c(NC(=O)Cn2cc([N+](=O)[O-])cn2)sc2c1CCCC2. The average Bonchev–Trinajstić information content (AvgIpc) is 3.19. The number of ether oxygens (including phenoxy) is 1. The smallest absolute Gasteiger partial charge is 0.341 e. The van der Waals surface area contributed by atoms with E-state index in [1.165, 1.54) is 22.2 Å². The van der Waals surface area contributed by atoms with Crippen LogP contribution in [0.1, 0.15) is 40.6 Å². The summed E-state index contributed by atoms with van der Waals surface area (Å²) in [6.45, 7) is 1.81. The van der Waals surface area contributed by atoms with Gasteiger partial charge < -0.3 is 10.1 Å². The third-order valence-corrected chi connectivity index (χ3v) is 5.25. The number of carbonyl (C=O) groups excluding carboxylic acids is 2. The Morgan fingerprint density at radius 1 is 1.42 bits per heavy atom. The van der Waals surface area contributed by atoms with Crippen LogP contribution in [0.15, 0.2) is 12.4 Å². The lowest BCUT2D eigenvalue weighted by atomic mass is 9.95. The van der Waals surface area contributed by atoms with E-state index < -0.39 is 16.8 Å². The highest BCUT2D eigenvalue weighted by molar-refractivity contribution is 7.17. The molecule has 0 aliphatic heterocycles. The number of nitro groups is 1. The van der Waals surface area contributed by atoms with Crippen LogP contribution >= 0.6 is 11.3 Å². The summed E-state index contributed by atoms with van der Waals surface area (Å²) in [6.07, 6.45) is 6.00. The minimum Gasteiger partial charge on any atom is -0.462 e. The highest BCUT2D eigenvalue weighted by Gasteiger charge is 2.27. The summed E-state index contributed by atoms with van der Waals surface area (Å²) in [5.41, 5.74) is 1.22. The van der Waals surface area contributed by atoms with Crippen molar-refractivity contribution in [2.75, 3.05) is 11.9 Å². The first kappa shape index (κ1) is 18.1. The molecule has 0 aromatic carbocycles.